The quantitative estimate of drug-likeness (QED) is 0.578. The van der Waals surface area contributed by atoms with E-state index in [9.17, 15) is 9.59 Å². The first-order valence-corrected chi connectivity index (χ1v) is 12.1. The van der Waals surface area contributed by atoms with E-state index in [0.717, 1.165) is 37.1 Å². The van der Waals surface area contributed by atoms with Crippen molar-refractivity contribution in [2.75, 3.05) is 20.0 Å². The van der Waals surface area contributed by atoms with E-state index in [1.54, 1.807) is 14.2 Å². The summed E-state index contributed by atoms with van der Waals surface area (Å²) in [6.45, 7) is 5.57. The van der Waals surface area contributed by atoms with Crippen molar-refractivity contribution in [3.05, 3.63) is 18.2 Å². The maximum Gasteiger partial charge on any atom is 0.321 e. The Hall–Kier alpha value is -2.75. The number of thioether (sulfide) groups is 1. The van der Waals surface area contributed by atoms with Gasteiger partial charge in [0.05, 0.1) is 20.0 Å². The van der Waals surface area contributed by atoms with Gasteiger partial charge in [-0.05, 0) is 51.8 Å². The summed E-state index contributed by atoms with van der Waals surface area (Å²) in [4.78, 5) is 24.3. The summed E-state index contributed by atoms with van der Waals surface area (Å²) in [5, 5.41) is 14.6. The Bertz CT molecular complexity index is 980. The largest absolute Gasteiger partial charge is 0.493 e. The standard InChI is InChI=1S/C23H33N5O4S/c1-23(2,3)25-21(30)24-19(29)14-33-22-27-26-20(28(22)16-9-7-6-8-10-16)15-11-12-17(31-4)18(13-15)32-5/h11-13,16H,6-10,14H2,1-5H3,(H2,24,25,29,30). The molecule has 0 bridgehead atoms. The summed E-state index contributed by atoms with van der Waals surface area (Å²) in [5.74, 6) is 1.68. The van der Waals surface area contributed by atoms with Gasteiger partial charge in [-0.15, -0.1) is 10.2 Å². The lowest BCUT2D eigenvalue weighted by Gasteiger charge is -2.25. The predicted molar refractivity (Wildman–Crippen MR) is 128 cm³/mol. The van der Waals surface area contributed by atoms with Gasteiger partial charge in [0.15, 0.2) is 22.5 Å². The van der Waals surface area contributed by atoms with Gasteiger partial charge in [-0.2, -0.15) is 0 Å². The lowest BCUT2D eigenvalue weighted by molar-refractivity contribution is -0.117. The van der Waals surface area contributed by atoms with Crippen LogP contribution in [-0.2, 0) is 4.79 Å². The Morgan fingerprint density at radius 2 is 1.79 bits per heavy atom. The van der Waals surface area contributed by atoms with Crippen molar-refractivity contribution in [2.45, 2.75) is 69.6 Å². The van der Waals surface area contributed by atoms with Gasteiger partial charge in [-0.3, -0.25) is 14.7 Å². The molecule has 9 nitrogen and oxygen atoms in total. The zero-order valence-electron chi connectivity index (χ0n) is 19.9. The van der Waals surface area contributed by atoms with Crippen molar-refractivity contribution in [1.29, 1.82) is 0 Å². The molecule has 0 saturated heterocycles. The van der Waals surface area contributed by atoms with Crippen molar-refractivity contribution in [3.63, 3.8) is 0 Å². The second kappa shape index (κ2) is 10.9. The number of ether oxygens (including phenoxy) is 2. The van der Waals surface area contributed by atoms with E-state index < -0.39 is 11.6 Å². The highest BCUT2D eigenvalue weighted by Crippen LogP contribution is 2.38. The van der Waals surface area contributed by atoms with Crippen LogP contribution in [0.15, 0.2) is 23.4 Å². The fourth-order valence-corrected chi connectivity index (χ4v) is 4.69. The number of benzene rings is 1. The number of carbonyl (C=O) groups excluding carboxylic acids is 2. The maximum absolute atomic E-state index is 12.4. The second-order valence-corrected chi connectivity index (χ2v) is 10.0. The highest BCUT2D eigenvalue weighted by atomic mass is 32.2. The summed E-state index contributed by atoms with van der Waals surface area (Å²) >= 11 is 1.28. The topological polar surface area (TPSA) is 107 Å². The highest BCUT2D eigenvalue weighted by Gasteiger charge is 2.25. The molecule has 1 fully saturated rings. The van der Waals surface area contributed by atoms with Crippen molar-refractivity contribution in [1.82, 2.24) is 25.4 Å². The molecule has 1 aliphatic rings. The number of hydrogen-bond donors (Lipinski definition) is 2. The van der Waals surface area contributed by atoms with Crippen molar-refractivity contribution >= 4 is 23.7 Å². The first-order valence-electron chi connectivity index (χ1n) is 11.1. The van der Waals surface area contributed by atoms with Gasteiger partial charge in [0.1, 0.15) is 0 Å². The summed E-state index contributed by atoms with van der Waals surface area (Å²) in [5.41, 5.74) is 0.444. The third-order valence-electron chi connectivity index (χ3n) is 5.32. The molecule has 3 amide bonds. The van der Waals surface area contributed by atoms with E-state index in [1.165, 1.54) is 18.2 Å². The Morgan fingerprint density at radius 1 is 1.09 bits per heavy atom. The summed E-state index contributed by atoms with van der Waals surface area (Å²) < 4.78 is 13.0. The molecule has 0 unspecified atom stereocenters. The summed E-state index contributed by atoms with van der Waals surface area (Å²) in [6, 6.07) is 5.42. The minimum absolute atomic E-state index is 0.0638. The van der Waals surface area contributed by atoms with Crippen molar-refractivity contribution in [2.24, 2.45) is 0 Å². The number of amides is 3. The minimum Gasteiger partial charge on any atom is -0.493 e. The highest BCUT2D eigenvalue weighted by molar-refractivity contribution is 7.99. The van der Waals surface area contributed by atoms with E-state index in [-0.39, 0.29) is 17.7 Å². The zero-order chi connectivity index (χ0) is 24.0. The summed E-state index contributed by atoms with van der Waals surface area (Å²) in [6.07, 6.45) is 5.58. The molecule has 0 aliphatic heterocycles. The maximum atomic E-state index is 12.4. The molecule has 10 heteroatoms. The van der Waals surface area contributed by atoms with Gasteiger partial charge in [0, 0.05) is 17.1 Å². The van der Waals surface area contributed by atoms with Crippen molar-refractivity contribution < 1.29 is 19.1 Å². The third-order valence-corrected chi connectivity index (χ3v) is 6.26. The molecule has 0 spiro atoms. The molecule has 2 aromatic rings. The molecule has 3 rings (SSSR count). The molecule has 1 aromatic carbocycles. The van der Waals surface area contributed by atoms with Crippen LogP contribution in [0.2, 0.25) is 0 Å². The number of carbonyl (C=O) groups is 2. The number of imide groups is 1. The molecule has 2 N–H and O–H groups in total. The van der Waals surface area contributed by atoms with Crippen LogP contribution in [0.4, 0.5) is 4.79 Å². The van der Waals surface area contributed by atoms with E-state index in [0.29, 0.717) is 16.7 Å². The van der Waals surface area contributed by atoms with Crippen LogP contribution in [0.3, 0.4) is 0 Å². The minimum atomic E-state index is -0.507. The smallest absolute Gasteiger partial charge is 0.321 e. The zero-order valence-corrected chi connectivity index (χ0v) is 20.8. The number of aromatic nitrogens is 3. The Kier molecular flexibility index (Phi) is 8.23. The molecule has 1 saturated carbocycles. The van der Waals surface area contributed by atoms with Gasteiger partial charge in [0.25, 0.3) is 0 Å². The number of rotatable bonds is 7. The Labute approximate surface area is 199 Å². The average molecular weight is 476 g/mol. The van der Waals surface area contributed by atoms with Gasteiger partial charge in [0.2, 0.25) is 5.91 Å². The van der Waals surface area contributed by atoms with Crippen LogP contribution in [-0.4, -0.2) is 52.2 Å². The average Bonchev–Trinajstić information content (AvgIpc) is 3.20. The number of nitrogens with one attached hydrogen (secondary N) is 2. The molecule has 1 aromatic heterocycles. The van der Waals surface area contributed by atoms with E-state index in [1.807, 2.05) is 39.0 Å². The fraction of sp³-hybridized carbons (Fsp3) is 0.565. The van der Waals surface area contributed by atoms with Crippen molar-refractivity contribution in [3.8, 4) is 22.9 Å². The summed E-state index contributed by atoms with van der Waals surface area (Å²) in [7, 11) is 3.20. The van der Waals surface area contributed by atoms with Crippen LogP contribution in [0.25, 0.3) is 11.4 Å². The van der Waals surface area contributed by atoms with E-state index in [2.05, 4.69) is 25.4 Å². The SMILES string of the molecule is COc1ccc(-c2nnc(SCC(=O)NC(=O)NC(C)(C)C)n2C2CCCCC2)cc1OC. The number of hydrogen-bond acceptors (Lipinski definition) is 7. The van der Waals surface area contributed by atoms with Gasteiger partial charge in [-0.1, -0.05) is 31.0 Å². The van der Waals surface area contributed by atoms with E-state index in [4.69, 9.17) is 9.47 Å². The van der Waals surface area contributed by atoms with Gasteiger partial charge >= 0.3 is 6.03 Å². The van der Waals surface area contributed by atoms with Crippen LogP contribution < -0.4 is 20.1 Å². The number of methoxy groups -OCH3 is 2. The monoisotopic (exact) mass is 475 g/mol. The second-order valence-electron chi connectivity index (χ2n) is 9.08. The fourth-order valence-electron chi connectivity index (χ4n) is 3.88. The van der Waals surface area contributed by atoms with Crippen LogP contribution in [0.1, 0.15) is 58.9 Å². The van der Waals surface area contributed by atoms with Crippen LogP contribution in [0, 0.1) is 0 Å². The lowest BCUT2D eigenvalue weighted by Crippen LogP contribution is -2.48. The molecule has 1 heterocycles. The molecule has 180 valence electrons. The Balaban J connectivity index is 1.82. The molecule has 33 heavy (non-hydrogen) atoms. The Morgan fingerprint density at radius 3 is 2.42 bits per heavy atom. The lowest BCUT2D eigenvalue weighted by atomic mass is 9.95. The first kappa shape index (κ1) is 24.9. The molecular formula is C23H33N5O4S. The molecule has 1 aliphatic carbocycles. The van der Waals surface area contributed by atoms with Gasteiger partial charge in [-0.25, -0.2) is 4.79 Å². The molecular weight excluding hydrogens is 442 g/mol. The molecule has 0 atom stereocenters. The van der Waals surface area contributed by atoms with Crippen LogP contribution in [0.5, 0.6) is 11.5 Å². The number of nitrogens with zero attached hydrogens (tertiary/aromatic N) is 3. The molecule has 0 radical (unpaired) electrons. The van der Waals surface area contributed by atoms with E-state index >= 15 is 0 Å². The third kappa shape index (κ3) is 6.63. The predicted octanol–water partition coefficient (Wildman–Crippen LogP) is 4.18. The first-order chi connectivity index (χ1) is 15.7. The normalized spacial score (nSPS) is 14.6. The van der Waals surface area contributed by atoms with Gasteiger partial charge < -0.3 is 14.8 Å². The van der Waals surface area contributed by atoms with Crippen LogP contribution >= 0.6 is 11.8 Å². The number of urea groups is 1.